The average Bonchev–Trinajstić information content (AvgIpc) is 1.30. The van der Waals surface area contributed by atoms with Crippen LogP contribution >= 0.6 is 27.5 Å². The highest BCUT2D eigenvalue weighted by atomic mass is 79.9. The average molecular weight is 192 g/mol. The van der Waals surface area contributed by atoms with E-state index in [9.17, 15) is 8.78 Å². The smallest absolute Gasteiger partial charge is 0.188 e. The maximum Gasteiger partial charge on any atom is 0.322 e. The Morgan fingerprint density at radius 1 is 1.71 bits per heavy atom. The number of hydrogen-bond donors (Lipinski definition) is 0. The van der Waals surface area contributed by atoms with Crippen molar-refractivity contribution in [3.63, 3.8) is 0 Å². The Kier molecular flexibility index (Phi) is 3.08. The first-order chi connectivity index (χ1) is 3.06. The van der Waals surface area contributed by atoms with Crippen LogP contribution in [0.2, 0.25) is 0 Å². The zero-order valence-electron chi connectivity index (χ0n) is 3.30. The molecule has 1 radical (unpaired) electrons. The van der Waals surface area contributed by atoms with Crippen LogP contribution in [0.15, 0.2) is 0 Å². The van der Waals surface area contributed by atoms with Gasteiger partial charge in [-0.15, -0.1) is 0 Å². The molecule has 0 saturated carbocycles. The Morgan fingerprint density at radius 3 is 2.14 bits per heavy atom. The van der Waals surface area contributed by atoms with E-state index in [1.165, 1.54) is 0 Å². The Hall–Kier alpha value is 0.630. The van der Waals surface area contributed by atoms with Crippen molar-refractivity contribution in [2.45, 2.75) is 11.8 Å². The van der Waals surface area contributed by atoms with Crippen LogP contribution in [0.5, 0.6) is 0 Å². The van der Waals surface area contributed by atoms with E-state index >= 15 is 0 Å². The van der Waals surface area contributed by atoms with Gasteiger partial charge >= 0.3 is 5.38 Å². The maximum absolute atomic E-state index is 11.4. The minimum absolute atomic E-state index is 0.436. The second-order valence-electron chi connectivity index (χ2n) is 0.974. The summed E-state index contributed by atoms with van der Waals surface area (Å²) in [6, 6.07) is 0. The van der Waals surface area contributed by atoms with Crippen molar-refractivity contribution in [2.24, 2.45) is 0 Å². The molecule has 0 spiro atoms. The molecule has 0 aromatic heterocycles. The van der Waals surface area contributed by atoms with Crippen LogP contribution in [0.4, 0.5) is 8.78 Å². The van der Waals surface area contributed by atoms with E-state index in [0.717, 1.165) is 5.33 Å². The fourth-order valence-electron chi connectivity index (χ4n) is 0.0875. The number of hydrogen-bond acceptors (Lipinski definition) is 0. The van der Waals surface area contributed by atoms with Gasteiger partial charge in [0.25, 0.3) is 0 Å². The van der Waals surface area contributed by atoms with Crippen LogP contribution in [-0.2, 0) is 0 Å². The molecule has 0 heterocycles. The molecule has 0 fully saturated rings. The molecule has 0 aromatic carbocycles. The van der Waals surface area contributed by atoms with Crippen molar-refractivity contribution in [3.05, 3.63) is 5.33 Å². The minimum Gasteiger partial charge on any atom is -0.188 e. The van der Waals surface area contributed by atoms with Crippen LogP contribution in [0.25, 0.3) is 0 Å². The monoisotopic (exact) mass is 191 g/mol. The first kappa shape index (κ1) is 7.63. The van der Waals surface area contributed by atoms with Gasteiger partial charge in [0.2, 0.25) is 0 Å². The van der Waals surface area contributed by atoms with E-state index in [2.05, 4.69) is 27.5 Å². The van der Waals surface area contributed by atoms with Gasteiger partial charge in [-0.1, -0.05) is 15.9 Å². The summed E-state index contributed by atoms with van der Waals surface area (Å²) >= 11 is 7.13. The third-order valence-electron chi connectivity index (χ3n) is 0.309. The van der Waals surface area contributed by atoms with E-state index in [1.807, 2.05) is 0 Å². The molecule has 0 aromatic rings. The standard InChI is InChI=1S/C3H3BrClF2/c4-2-1-3(5,6)7/h2H,1H2. The van der Waals surface area contributed by atoms with Crippen molar-refractivity contribution >= 4 is 27.5 Å². The SMILES string of the molecule is FC(F)(Cl)C[CH]Br. The van der Waals surface area contributed by atoms with E-state index in [-0.39, 0.29) is 0 Å². The minimum atomic E-state index is -3.08. The molecule has 0 atom stereocenters. The zero-order valence-corrected chi connectivity index (χ0v) is 5.64. The maximum atomic E-state index is 11.4. The van der Waals surface area contributed by atoms with Crippen LogP contribution < -0.4 is 0 Å². The van der Waals surface area contributed by atoms with E-state index in [1.54, 1.807) is 0 Å². The lowest BCUT2D eigenvalue weighted by Gasteiger charge is -2.01. The van der Waals surface area contributed by atoms with Crippen LogP contribution in [-0.4, -0.2) is 5.38 Å². The highest BCUT2D eigenvalue weighted by Gasteiger charge is 2.22. The molecular weight excluding hydrogens is 189 g/mol. The van der Waals surface area contributed by atoms with Gasteiger partial charge in [0, 0.05) is 11.8 Å². The topological polar surface area (TPSA) is 0 Å². The third-order valence-corrected chi connectivity index (χ3v) is 0.787. The van der Waals surface area contributed by atoms with Crippen molar-refractivity contribution in [2.75, 3.05) is 0 Å². The molecule has 0 N–H and O–H groups in total. The van der Waals surface area contributed by atoms with E-state index in [4.69, 9.17) is 0 Å². The largest absolute Gasteiger partial charge is 0.322 e. The van der Waals surface area contributed by atoms with Gasteiger partial charge in [-0.3, -0.25) is 0 Å². The predicted octanol–water partition coefficient (Wildman–Crippen LogP) is 2.76. The molecule has 7 heavy (non-hydrogen) atoms. The molecule has 4 heteroatoms. The van der Waals surface area contributed by atoms with Gasteiger partial charge in [-0.2, -0.15) is 8.78 Å². The summed E-state index contributed by atoms with van der Waals surface area (Å²) in [5.74, 6) is 0. The molecule has 0 rings (SSSR count). The van der Waals surface area contributed by atoms with Gasteiger partial charge < -0.3 is 0 Å². The van der Waals surface area contributed by atoms with Gasteiger partial charge in [-0.25, -0.2) is 0 Å². The quantitative estimate of drug-likeness (QED) is 0.590. The highest BCUT2D eigenvalue weighted by Crippen LogP contribution is 2.25. The van der Waals surface area contributed by atoms with Gasteiger partial charge in [-0.05, 0) is 11.6 Å². The van der Waals surface area contributed by atoms with E-state index in [0.29, 0.717) is 0 Å². The normalized spacial score (nSPS) is 12.0. The molecule has 43 valence electrons. The fourth-order valence-corrected chi connectivity index (χ4v) is 0.758. The number of alkyl halides is 3. The Balaban J connectivity index is 3.15. The molecule has 0 aliphatic heterocycles. The Bertz CT molecular complexity index is 51.4. The summed E-state index contributed by atoms with van der Waals surface area (Å²) in [6.07, 6.45) is -0.436. The first-order valence-electron chi connectivity index (χ1n) is 1.55. The molecule has 0 bridgehead atoms. The molecule has 0 unspecified atom stereocenters. The lowest BCUT2D eigenvalue weighted by molar-refractivity contribution is 0.0985. The zero-order chi connectivity index (χ0) is 5.91. The molecule has 0 saturated heterocycles. The lowest BCUT2D eigenvalue weighted by Crippen LogP contribution is -2.02. The molecule has 0 amide bonds. The summed E-state index contributed by atoms with van der Waals surface area (Å²) in [6.45, 7) is 0. The van der Waals surface area contributed by atoms with Crippen LogP contribution in [0.1, 0.15) is 6.42 Å². The molecular formula is C3H3BrClF2. The summed E-state index contributed by atoms with van der Waals surface area (Å²) in [5.41, 5.74) is 0. The first-order valence-corrected chi connectivity index (χ1v) is 2.84. The van der Waals surface area contributed by atoms with E-state index < -0.39 is 11.8 Å². The summed E-state index contributed by atoms with van der Waals surface area (Å²) < 4.78 is 22.9. The molecule has 0 aliphatic rings. The molecule has 0 nitrogen and oxygen atoms in total. The second-order valence-corrected chi connectivity index (χ2v) is 2.17. The van der Waals surface area contributed by atoms with Crippen molar-refractivity contribution in [3.8, 4) is 0 Å². The summed E-state index contributed by atoms with van der Waals surface area (Å²) in [4.78, 5) is 0. The van der Waals surface area contributed by atoms with Crippen molar-refractivity contribution in [1.29, 1.82) is 0 Å². The van der Waals surface area contributed by atoms with Gasteiger partial charge in [0.1, 0.15) is 0 Å². The van der Waals surface area contributed by atoms with Crippen LogP contribution in [0.3, 0.4) is 0 Å². The van der Waals surface area contributed by atoms with Crippen molar-refractivity contribution < 1.29 is 8.78 Å². The van der Waals surface area contributed by atoms with Crippen molar-refractivity contribution in [1.82, 2.24) is 0 Å². The summed E-state index contributed by atoms with van der Waals surface area (Å²) in [7, 11) is 0. The third kappa shape index (κ3) is 6.63. The fraction of sp³-hybridized carbons (Fsp3) is 0.667. The van der Waals surface area contributed by atoms with Gasteiger partial charge in [0.15, 0.2) is 0 Å². The summed E-state index contributed by atoms with van der Waals surface area (Å²) in [5, 5.41) is -1.94. The number of rotatable bonds is 2. The van der Waals surface area contributed by atoms with Crippen LogP contribution in [0, 0.1) is 5.33 Å². The second kappa shape index (κ2) is 2.82. The lowest BCUT2D eigenvalue weighted by atomic mass is 10.5. The highest BCUT2D eigenvalue weighted by molar-refractivity contribution is 9.10. The molecule has 0 aliphatic carbocycles. The Labute approximate surface area is 54.0 Å². The number of halogens is 4. The Morgan fingerprint density at radius 2 is 2.14 bits per heavy atom. The predicted molar refractivity (Wildman–Crippen MR) is 28.6 cm³/mol. The van der Waals surface area contributed by atoms with Gasteiger partial charge in [0.05, 0.1) is 0 Å².